The minimum absolute atomic E-state index is 0. The van der Waals surface area contributed by atoms with Gasteiger partial charge >= 0.3 is 0 Å². The first-order valence-electron chi connectivity index (χ1n) is 7.11. The lowest BCUT2D eigenvalue weighted by Gasteiger charge is -2.31. The molecule has 2 rings (SSSR count). The van der Waals surface area contributed by atoms with Crippen LogP contribution in [0.2, 0.25) is 0 Å². The number of nitrogens with one attached hydrogen (secondary N) is 2. The molecule has 0 radical (unpaired) electrons. The van der Waals surface area contributed by atoms with Gasteiger partial charge in [-0.15, -0.1) is 12.4 Å². The van der Waals surface area contributed by atoms with Gasteiger partial charge in [0.25, 0.3) is 5.91 Å². The van der Waals surface area contributed by atoms with Crippen molar-refractivity contribution in [2.75, 3.05) is 6.54 Å². The third kappa shape index (κ3) is 3.74. The molecule has 1 aromatic carbocycles. The van der Waals surface area contributed by atoms with Gasteiger partial charge in [-0.1, -0.05) is 17.7 Å². The Hall–Kier alpha value is -1.06. The van der Waals surface area contributed by atoms with E-state index in [1.165, 1.54) is 5.56 Å². The lowest BCUT2D eigenvalue weighted by atomic mass is 9.96. The zero-order valence-electron chi connectivity index (χ0n) is 12.7. The fraction of sp³-hybridized carbons (Fsp3) is 0.562. The summed E-state index contributed by atoms with van der Waals surface area (Å²) in [6.07, 6.45) is 2.19. The quantitative estimate of drug-likeness (QED) is 0.881. The van der Waals surface area contributed by atoms with Crippen molar-refractivity contribution in [3.8, 4) is 0 Å². The average Bonchev–Trinajstić information content (AvgIpc) is 2.30. The van der Waals surface area contributed by atoms with E-state index < -0.39 is 0 Å². The second-order valence-electron chi connectivity index (χ2n) is 5.74. The van der Waals surface area contributed by atoms with Crippen LogP contribution in [0.25, 0.3) is 0 Å². The summed E-state index contributed by atoms with van der Waals surface area (Å²) in [4.78, 5) is 12.5. The molecule has 1 heterocycles. The van der Waals surface area contributed by atoms with Crippen molar-refractivity contribution >= 4 is 18.3 Å². The predicted molar refractivity (Wildman–Crippen MR) is 85.9 cm³/mol. The van der Waals surface area contributed by atoms with Crippen LogP contribution in [0.5, 0.6) is 0 Å². The lowest BCUT2D eigenvalue weighted by molar-refractivity contribution is 0.0918. The van der Waals surface area contributed by atoms with Gasteiger partial charge in [-0.25, -0.2) is 0 Å². The smallest absolute Gasteiger partial charge is 0.252 e. The molecule has 112 valence electrons. The summed E-state index contributed by atoms with van der Waals surface area (Å²) in [5.74, 6) is 0.0653. The van der Waals surface area contributed by atoms with E-state index in [1.807, 2.05) is 13.8 Å². The number of hydrogen-bond donors (Lipinski definition) is 2. The van der Waals surface area contributed by atoms with Crippen LogP contribution in [0.4, 0.5) is 0 Å². The van der Waals surface area contributed by atoms with Crippen LogP contribution >= 0.6 is 12.4 Å². The Morgan fingerprint density at radius 1 is 1.25 bits per heavy atom. The number of halogens is 1. The summed E-state index contributed by atoms with van der Waals surface area (Å²) in [6, 6.07) is 4.74. The van der Waals surface area contributed by atoms with Gasteiger partial charge in [-0.05, 0) is 58.2 Å². The highest BCUT2D eigenvalue weighted by Gasteiger charge is 2.24. The van der Waals surface area contributed by atoms with E-state index in [0.717, 1.165) is 36.1 Å². The van der Waals surface area contributed by atoms with E-state index >= 15 is 0 Å². The Morgan fingerprint density at radius 2 is 1.85 bits per heavy atom. The number of amides is 1. The van der Waals surface area contributed by atoms with Crippen LogP contribution in [0.3, 0.4) is 0 Å². The van der Waals surface area contributed by atoms with Crippen molar-refractivity contribution in [3.05, 3.63) is 34.4 Å². The Balaban J connectivity index is 0.00000200. The first-order chi connectivity index (χ1) is 8.99. The van der Waals surface area contributed by atoms with E-state index in [2.05, 4.69) is 36.6 Å². The van der Waals surface area contributed by atoms with Gasteiger partial charge in [0.2, 0.25) is 0 Å². The first kappa shape index (κ1) is 17.0. The number of piperidine rings is 1. The van der Waals surface area contributed by atoms with E-state index in [1.54, 1.807) is 0 Å². The number of carbonyl (C=O) groups is 1. The molecule has 0 saturated carbocycles. The third-order valence-electron chi connectivity index (χ3n) is 3.98. The van der Waals surface area contributed by atoms with Crippen molar-refractivity contribution in [2.45, 2.75) is 52.6 Å². The molecule has 1 fully saturated rings. The summed E-state index contributed by atoms with van der Waals surface area (Å²) < 4.78 is 0. The molecule has 2 atom stereocenters. The van der Waals surface area contributed by atoms with Crippen molar-refractivity contribution in [1.29, 1.82) is 0 Å². The van der Waals surface area contributed by atoms with Crippen LogP contribution in [-0.4, -0.2) is 24.5 Å². The minimum atomic E-state index is 0. The molecule has 0 spiro atoms. The fourth-order valence-corrected chi connectivity index (χ4v) is 3.02. The Labute approximate surface area is 127 Å². The van der Waals surface area contributed by atoms with Crippen molar-refractivity contribution in [1.82, 2.24) is 10.6 Å². The fourth-order valence-electron chi connectivity index (χ4n) is 3.02. The average molecular weight is 297 g/mol. The topological polar surface area (TPSA) is 41.1 Å². The minimum Gasteiger partial charge on any atom is -0.348 e. The van der Waals surface area contributed by atoms with Crippen LogP contribution in [0.1, 0.15) is 46.8 Å². The normalized spacial score (nSPS) is 22.0. The molecule has 1 saturated heterocycles. The molecule has 1 aromatic rings. The maximum absolute atomic E-state index is 12.5. The zero-order valence-corrected chi connectivity index (χ0v) is 13.6. The number of hydrogen-bond acceptors (Lipinski definition) is 2. The zero-order chi connectivity index (χ0) is 14.0. The maximum Gasteiger partial charge on any atom is 0.252 e. The maximum atomic E-state index is 12.5. The summed E-state index contributed by atoms with van der Waals surface area (Å²) >= 11 is 0. The predicted octanol–water partition coefficient (Wildman–Crippen LogP) is 2.90. The van der Waals surface area contributed by atoms with Gasteiger partial charge in [-0.3, -0.25) is 4.79 Å². The van der Waals surface area contributed by atoms with Crippen LogP contribution in [0, 0.1) is 20.8 Å². The van der Waals surface area contributed by atoms with Gasteiger partial charge in [-0.2, -0.15) is 0 Å². The van der Waals surface area contributed by atoms with Crippen LogP contribution < -0.4 is 10.6 Å². The number of aryl methyl sites for hydroxylation is 3. The Morgan fingerprint density at radius 3 is 2.40 bits per heavy atom. The highest BCUT2D eigenvalue weighted by Crippen LogP contribution is 2.17. The molecule has 20 heavy (non-hydrogen) atoms. The second kappa shape index (κ2) is 7.09. The van der Waals surface area contributed by atoms with Gasteiger partial charge in [0, 0.05) is 17.6 Å². The molecule has 3 nitrogen and oxygen atoms in total. The highest BCUT2D eigenvalue weighted by atomic mass is 35.5. The summed E-state index contributed by atoms with van der Waals surface area (Å²) in [5, 5.41) is 6.60. The molecule has 1 amide bonds. The van der Waals surface area contributed by atoms with E-state index in [-0.39, 0.29) is 24.4 Å². The van der Waals surface area contributed by atoms with Crippen LogP contribution in [0.15, 0.2) is 12.1 Å². The van der Waals surface area contributed by atoms with Gasteiger partial charge in [0.05, 0.1) is 0 Å². The lowest BCUT2D eigenvalue weighted by Crippen LogP contribution is -2.52. The molecule has 0 aliphatic carbocycles. The molecule has 1 aliphatic heterocycles. The molecule has 0 bridgehead atoms. The molecule has 0 aromatic heterocycles. The summed E-state index contributed by atoms with van der Waals surface area (Å²) in [6.45, 7) is 9.28. The SMILES string of the molecule is Cc1cc(C)c(C(=O)NC2CCCNC2C)c(C)c1.Cl. The molecule has 1 aliphatic rings. The Bertz CT molecular complexity index is 464. The molecule has 4 heteroatoms. The molecule has 2 unspecified atom stereocenters. The summed E-state index contributed by atoms with van der Waals surface area (Å²) in [5.41, 5.74) is 4.17. The highest BCUT2D eigenvalue weighted by molar-refractivity contribution is 5.97. The Kier molecular flexibility index (Phi) is 6.03. The van der Waals surface area contributed by atoms with E-state index in [0.29, 0.717) is 6.04 Å². The molecule has 2 N–H and O–H groups in total. The van der Waals surface area contributed by atoms with E-state index in [9.17, 15) is 4.79 Å². The van der Waals surface area contributed by atoms with Crippen molar-refractivity contribution in [3.63, 3.8) is 0 Å². The van der Waals surface area contributed by atoms with E-state index in [4.69, 9.17) is 0 Å². The molecular weight excluding hydrogens is 272 g/mol. The van der Waals surface area contributed by atoms with Gasteiger partial charge in [0.15, 0.2) is 0 Å². The first-order valence-corrected chi connectivity index (χ1v) is 7.11. The van der Waals surface area contributed by atoms with Crippen molar-refractivity contribution in [2.24, 2.45) is 0 Å². The number of benzene rings is 1. The monoisotopic (exact) mass is 296 g/mol. The van der Waals surface area contributed by atoms with Crippen molar-refractivity contribution < 1.29 is 4.79 Å². The second-order valence-corrected chi connectivity index (χ2v) is 5.74. The standard InChI is InChI=1S/C16H24N2O.ClH/c1-10-8-11(2)15(12(3)9-10)16(19)18-14-6-5-7-17-13(14)4;/h8-9,13-14,17H,5-7H2,1-4H3,(H,18,19);1H. The number of rotatable bonds is 2. The van der Waals surface area contributed by atoms with Gasteiger partial charge in [0.1, 0.15) is 0 Å². The molecular formula is C16H25ClN2O. The van der Waals surface area contributed by atoms with Crippen LogP contribution in [-0.2, 0) is 0 Å². The number of carbonyl (C=O) groups excluding carboxylic acids is 1. The van der Waals surface area contributed by atoms with Gasteiger partial charge < -0.3 is 10.6 Å². The largest absolute Gasteiger partial charge is 0.348 e. The third-order valence-corrected chi connectivity index (χ3v) is 3.98. The summed E-state index contributed by atoms with van der Waals surface area (Å²) in [7, 11) is 0.